The van der Waals surface area contributed by atoms with E-state index >= 15 is 0 Å². The molecule has 1 atom stereocenters. The van der Waals surface area contributed by atoms with Gasteiger partial charge in [0.15, 0.2) is 0 Å². The van der Waals surface area contributed by atoms with Crippen molar-refractivity contribution in [1.82, 2.24) is 4.98 Å². The second kappa shape index (κ2) is 2.73. The molecule has 1 N–H and O–H groups in total. The van der Waals surface area contributed by atoms with Crippen molar-refractivity contribution in [2.24, 2.45) is 0 Å². The molecule has 0 fully saturated rings. The van der Waals surface area contributed by atoms with Crippen molar-refractivity contribution < 1.29 is 4.39 Å². The maximum Gasteiger partial charge on any atom is 0.143 e. The van der Waals surface area contributed by atoms with Gasteiger partial charge in [-0.25, -0.2) is 4.39 Å². The number of hydrogen-bond donors (Lipinski definition) is 1. The highest BCUT2D eigenvalue weighted by Gasteiger charge is 2.17. The number of aromatic nitrogens is 1. The molecule has 0 aromatic carbocycles. The predicted molar refractivity (Wildman–Crippen MR) is 45.7 cm³/mol. The summed E-state index contributed by atoms with van der Waals surface area (Å²) in [4.78, 5) is 4.06. The highest BCUT2D eigenvalue weighted by Crippen LogP contribution is 2.28. The molecule has 3 heteroatoms. The molecule has 0 radical (unpaired) electrons. The van der Waals surface area contributed by atoms with Gasteiger partial charge in [-0.1, -0.05) is 6.92 Å². The Morgan fingerprint density at radius 3 is 3.33 bits per heavy atom. The summed E-state index contributed by atoms with van der Waals surface area (Å²) in [6.45, 7) is 3.03. The summed E-state index contributed by atoms with van der Waals surface area (Å²) in [6, 6.07) is 1.51. The van der Waals surface area contributed by atoms with E-state index in [1.807, 2.05) is 0 Å². The fourth-order valence-electron chi connectivity index (χ4n) is 1.54. The Morgan fingerprint density at radius 1 is 1.67 bits per heavy atom. The van der Waals surface area contributed by atoms with Crippen LogP contribution in [0.2, 0.25) is 0 Å². The molecule has 64 valence electrons. The summed E-state index contributed by atoms with van der Waals surface area (Å²) in [6.07, 6.45) is 2.36. The number of nitrogens with one attached hydrogen (secondary N) is 1. The number of hydrogen-bond acceptors (Lipinski definition) is 2. The second-order valence-electron chi connectivity index (χ2n) is 3.20. The van der Waals surface area contributed by atoms with Gasteiger partial charge in [0.05, 0.1) is 17.6 Å². The average molecular weight is 166 g/mol. The number of halogens is 1. The maximum atomic E-state index is 12.7. The summed E-state index contributed by atoms with van der Waals surface area (Å²) >= 11 is 0. The van der Waals surface area contributed by atoms with Gasteiger partial charge in [-0.05, 0) is 6.42 Å². The largest absolute Gasteiger partial charge is 0.383 e. The van der Waals surface area contributed by atoms with Gasteiger partial charge in [-0.3, -0.25) is 4.98 Å². The zero-order chi connectivity index (χ0) is 8.55. The molecular weight excluding hydrogens is 155 g/mol. The monoisotopic (exact) mass is 166 g/mol. The molecule has 2 heterocycles. The first-order chi connectivity index (χ1) is 5.77. The van der Waals surface area contributed by atoms with Crippen LogP contribution in [-0.2, 0) is 0 Å². The SMILES string of the molecule is C[C@H]1CCNc2cc(F)cnc21. The summed E-state index contributed by atoms with van der Waals surface area (Å²) in [5.74, 6) is 0.178. The zero-order valence-electron chi connectivity index (χ0n) is 6.97. The number of rotatable bonds is 0. The van der Waals surface area contributed by atoms with Crippen LogP contribution in [0.25, 0.3) is 0 Å². The van der Waals surface area contributed by atoms with Crippen LogP contribution in [0.3, 0.4) is 0 Å². The smallest absolute Gasteiger partial charge is 0.143 e. The number of fused-ring (bicyclic) bond motifs is 1. The Hall–Kier alpha value is -1.12. The molecule has 12 heavy (non-hydrogen) atoms. The van der Waals surface area contributed by atoms with Crippen molar-refractivity contribution in [3.63, 3.8) is 0 Å². The van der Waals surface area contributed by atoms with Crippen LogP contribution in [0.1, 0.15) is 25.0 Å². The van der Waals surface area contributed by atoms with E-state index in [1.54, 1.807) is 0 Å². The Bertz CT molecular complexity index is 299. The second-order valence-corrected chi connectivity index (χ2v) is 3.20. The van der Waals surface area contributed by atoms with E-state index in [1.165, 1.54) is 12.3 Å². The lowest BCUT2D eigenvalue weighted by Crippen LogP contribution is -2.16. The minimum absolute atomic E-state index is 0.268. The molecule has 2 nitrogen and oxygen atoms in total. The minimum Gasteiger partial charge on any atom is -0.383 e. The first-order valence-corrected chi connectivity index (χ1v) is 4.16. The summed E-state index contributed by atoms with van der Waals surface area (Å²) in [5, 5.41) is 3.13. The lowest BCUT2D eigenvalue weighted by Gasteiger charge is -2.22. The topological polar surface area (TPSA) is 24.9 Å². The maximum absolute atomic E-state index is 12.7. The van der Waals surface area contributed by atoms with E-state index < -0.39 is 0 Å². The number of anilines is 1. The Labute approximate surface area is 70.8 Å². The Balaban J connectivity index is 2.46. The third-order valence-electron chi connectivity index (χ3n) is 2.24. The van der Waals surface area contributed by atoms with Crippen molar-refractivity contribution in [1.29, 1.82) is 0 Å². The van der Waals surface area contributed by atoms with E-state index in [4.69, 9.17) is 0 Å². The van der Waals surface area contributed by atoms with Gasteiger partial charge in [-0.2, -0.15) is 0 Å². The van der Waals surface area contributed by atoms with Crippen LogP contribution < -0.4 is 5.32 Å². The number of nitrogens with zero attached hydrogens (tertiary/aromatic N) is 1. The van der Waals surface area contributed by atoms with Crippen LogP contribution in [0.5, 0.6) is 0 Å². The van der Waals surface area contributed by atoms with Crippen molar-refractivity contribution in [2.45, 2.75) is 19.3 Å². The average Bonchev–Trinajstić information content (AvgIpc) is 2.04. The lowest BCUT2D eigenvalue weighted by molar-refractivity contribution is 0.605. The van der Waals surface area contributed by atoms with E-state index in [0.29, 0.717) is 5.92 Å². The fourth-order valence-corrected chi connectivity index (χ4v) is 1.54. The third kappa shape index (κ3) is 1.15. The summed E-state index contributed by atoms with van der Waals surface area (Å²) in [5.41, 5.74) is 1.84. The minimum atomic E-state index is -0.268. The first-order valence-electron chi connectivity index (χ1n) is 4.16. The molecule has 0 aliphatic carbocycles. The summed E-state index contributed by atoms with van der Waals surface area (Å²) in [7, 11) is 0. The van der Waals surface area contributed by atoms with Gasteiger partial charge in [0.2, 0.25) is 0 Å². The first kappa shape index (κ1) is 7.53. The number of pyridine rings is 1. The van der Waals surface area contributed by atoms with E-state index in [-0.39, 0.29) is 5.82 Å². The predicted octanol–water partition coefficient (Wildman–Crippen LogP) is 2.14. The summed E-state index contributed by atoms with van der Waals surface area (Å²) < 4.78 is 12.7. The van der Waals surface area contributed by atoms with Crippen molar-refractivity contribution in [3.8, 4) is 0 Å². The molecule has 1 aliphatic heterocycles. The van der Waals surface area contributed by atoms with Crippen LogP contribution in [0, 0.1) is 5.82 Å². The Kier molecular flexibility index (Phi) is 1.71. The molecule has 1 aliphatic rings. The molecular formula is C9H11FN2. The molecule has 0 saturated heterocycles. The van der Waals surface area contributed by atoms with Crippen molar-refractivity contribution in [3.05, 3.63) is 23.8 Å². The molecule has 1 aromatic heterocycles. The lowest BCUT2D eigenvalue weighted by atomic mass is 9.98. The van der Waals surface area contributed by atoms with E-state index in [9.17, 15) is 4.39 Å². The zero-order valence-corrected chi connectivity index (χ0v) is 6.97. The van der Waals surface area contributed by atoms with Crippen LogP contribution >= 0.6 is 0 Å². The van der Waals surface area contributed by atoms with Crippen molar-refractivity contribution in [2.75, 3.05) is 11.9 Å². The highest BCUT2D eigenvalue weighted by atomic mass is 19.1. The van der Waals surface area contributed by atoms with Crippen LogP contribution in [0.15, 0.2) is 12.3 Å². The molecule has 0 amide bonds. The van der Waals surface area contributed by atoms with Crippen LogP contribution in [-0.4, -0.2) is 11.5 Å². The molecule has 1 aromatic rings. The fraction of sp³-hybridized carbons (Fsp3) is 0.444. The van der Waals surface area contributed by atoms with Crippen molar-refractivity contribution >= 4 is 5.69 Å². The third-order valence-corrected chi connectivity index (χ3v) is 2.24. The Morgan fingerprint density at radius 2 is 2.50 bits per heavy atom. The van der Waals surface area contributed by atoms with Gasteiger partial charge in [0.25, 0.3) is 0 Å². The molecule has 0 saturated carbocycles. The quantitative estimate of drug-likeness (QED) is 0.638. The highest BCUT2D eigenvalue weighted by molar-refractivity contribution is 5.51. The van der Waals surface area contributed by atoms with Gasteiger partial charge in [0.1, 0.15) is 5.82 Å². The normalized spacial score (nSPS) is 21.3. The molecule has 0 spiro atoms. The van der Waals surface area contributed by atoms with Gasteiger partial charge in [0, 0.05) is 18.5 Å². The van der Waals surface area contributed by atoms with Gasteiger partial charge >= 0.3 is 0 Å². The van der Waals surface area contributed by atoms with Crippen LogP contribution in [0.4, 0.5) is 10.1 Å². The molecule has 2 rings (SSSR count). The standard InChI is InChI=1S/C9H11FN2/c1-6-2-3-11-8-4-7(10)5-12-9(6)8/h4-6,11H,2-3H2,1H3/t6-/m0/s1. The van der Waals surface area contributed by atoms with Gasteiger partial charge in [-0.15, -0.1) is 0 Å². The van der Waals surface area contributed by atoms with E-state index in [2.05, 4.69) is 17.2 Å². The van der Waals surface area contributed by atoms with Gasteiger partial charge < -0.3 is 5.32 Å². The molecule has 0 bridgehead atoms. The van der Waals surface area contributed by atoms with E-state index in [0.717, 1.165) is 24.3 Å². The molecule has 0 unspecified atom stereocenters.